The molecule has 2 aromatic carbocycles. The largest absolute Gasteiger partial charge is 0.508 e. The first-order chi connectivity index (χ1) is 14.7. The van der Waals surface area contributed by atoms with Crippen LogP contribution in [0.1, 0.15) is 11.7 Å². The summed E-state index contributed by atoms with van der Waals surface area (Å²) in [4.78, 5) is 12.7. The second-order valence-corrected chi connectivity index (χ2v) is 7.30. The standard InChI is InChI=1S/C21H20O10/c22-7-14-17(26)19(28)20(29)21(31-14)16-11(25)6-13-15(18(16)27)10(24)5-12(30-13)8-1-3-9(23)4-2-8/h1-6,14,17,19-23,25-29H,7H2/t14-,17+,19-,20-,21+/m0/s1. The fraction of sp³-hybridized carbons (Fsp3) is 0.286. The van der Waals surface area contributed by atoms with Gasteiger partial charge in [-0.1, -0.05) is 0 Å². The first-order valence-corrected chi connectivity index (χ1v) is 9.35. The molecule has 5 atom stereocenters. The van der Waals surface area contributed by atoms with Gasteiger partial charge >= 0.3 is 0 Å². The predicted molar refractivity (Wildman–Crippen MR) is 106 cm³/mol. The molecule has 4 rings (SSSR count). The van der Waals surface area contributed by atoms with Gasteiger partial charge in [0.2, 0.25) is 0 Å². The van der Waals surface area contributed by atoms with Crippen LogP contribution in [0.5, 0.6) is 17.2 Å². The van der Waals surface area contributed by atoms with Gasteiger partial charge in [-0.3, -0.25) is 4.79 Å². The number of benzene rings is 2. The molecule has 31 heavy (non-hydrogen) atoms. The minimum atomic E-state index is -1.77. The van der Waals surface area contributed by atoms with E-state index in [1.165, 1.54) is 24.3 Å². The Balaban J connectivity index is 1.85. The van der Waals surface area contributed by atoms with Crippen LogP contribution in [0.25, 0.3) is 22.3 Å². The van der Waals surface area contributed by atoms with Crippen LogP contribution in [-0.4, -0.2) is 66.8 Å². The van der Waals surface area contributed by atoms with Crippen LogP contribution in [0.2, 0.25) is 0 Å². The highest BCUT2D eigenvalue weighted by atomic mass is 16.5. The number of phenolic OH excluding ortho intramolecular Hbond substituents is 3. The summed E-state index contributed by atoms with van der Waals surface area (Å²) in [6.07, 6.45) is -7.95. The van der Waals surface area contributed by atoms with E-state index >= 15 is 0 Å². The Bertz CT molecular complexity index is 1170. The van der Waals surface area contributed by atoms with E-state index in [1.54, 1.807) is 0 Å². The van der Waals surface area contributed by atoms with Gasteiger partial charge in [0.15, 0.2) is 5.43 Å². The van der Waals surface area contributed by atoms with Crippen molar-refractivity contribution in [2.45, 2.75) is 30.5 Å². The molecule has 0 spiro atoms. The van der Waals surface area contributed by atoms with Crippen LogP contribution >= 0.6 is 0 Å². The molecule has 0 radical (unpaired) electrons. The van der Waals surface area contributed by atoms with Crippen LogP contribution in [0.4, 0.5) is 0 Å². The normalized spacial score (nSPS) is 26.3. The number of ether oxygens (including phenoxy) is 1. The van der Waals surface area contributed by atoms with Gasteiger partial charge in [-0.05, 0) is 24.3 Å². The Hall–Kier alpha value is -3.15. The molecule has 1 aliphatic rings. The summed E-state index contributed by atoms with van der Waals surface area (Å²) in [5.41, 5.74) is -0.741. The number of hydrogen-bond acceptors (Lipinski definition) is 10. The van der Waals surface area contributed by atoms with Crippen molar-refractivity contribution >= 4 is 11.0 Å². The van der Waals surface area contributed by atoms with Gasteiger partial charge in [-0.15, -0.1) is 0 Å². The van der Waals surface area contributed by atoms with Crippen molar-refractivity contribution in [1.82, 2.24) is 0 Å². The van der Waals surface area contributed by atoms with Crippen molar-refractivity contribution in [3.8, 4) is 28.6 Å². The van der Waals surface area contributed by atoms with Crippen LogP contribution in [0.3, 0.4) is 0 Å². The monoisotopic (exact) mass is 432 g/mol. The zero-order valence-electron chi connectivity index (χ0n) is 15.9. The number of hydrogen-bond donors (Lipinski definition) is 7. The van der Waals surface area contributed by atoms with Crippen molar-refractivity contribution < 1.29 is 44.9 Å². The van der Waals surface area contributed by atoms with E-state index in [0.717, 1.165) is 12.1 Å². The SMILES string of the molecule is O=c1cc(-c2ccc(O)cc2)oc2cc(O)c([C@H]3O[C@@H](CO)[C@@H](O)[C@H](O)[C@@H]3O)c(O)c12. The van der Waals surface area contributed by atoms with Crippen molar-refractivity contribution in [1.29, 1.82) is 0 Å². The molecule has 10 heteroatoms. The Kier molecular flexibility index (Phi) is 5.33. The molecule has 1 aliphatic heterocycles. The lowest BCUT2D eigenvalue weighted by Gasteiger charge is -2.40. The number of aliphatic hydroxyl groups excluding tert-OH is 4. The smallest absolute Gasteiger partial charge is 0.197 e. The molecule has 2 heterocycles. The van der Waals surface area contributed by atoms with Crippen LogP contribution in [0.15, 0.2) is 45.6 Å². The summed E-state index contributed by atoms with van der Waals surface area (Å²) in [5.74, 6) is -1.19. The molecule has 0 amide bonds. The molecule has 1 aromatic heterocycles. The third-order valence-electron chi connectivity index (χ3n) is 5.34. The summed E-state index contributed by atoms with van der Waals surface area (Å²) in [6.45, 7) is -0.700. The van der Waals surface area contributed by atoms with E-state index in [1.807, 2.05) is 0 Å². The minimum Gasteiger partial charge on any atom is -0.508 e. The summed E-state index contributed by atoms with van der Waals surface area (Å²) in [5, 5.41) is 70.0. The molecule has 7 N–H and O–H groups in total. The summed E-state index contributed by atoms with van der Waals surface area (Å²) < 4.78 is 11.0. The summed E-state index contributed by atoms with van der Waals surface area (Å²) >= 11 is 0. The molecule has 1 saturated heterocycles. The average Bonchev–Trinajstić information content (AvgIpc) is 2.73. The van der Waals surface area contributed by atoms with Crippen molar-refractivity contribution in [3.63, 3.8) is 0 Å². The summed E-state index contributed by atoms with van der Waals surface area (Å²) in [7, 11) is 0. The highest BCUT2D eigenvalue weighted by Crippen LogP contribution is 2.44. The van der Waals surface area contributed by atoms with E-state index in [2.05, 4.69) is 0 Å². The average molecular weight is 432 g/mol. The lowest BCUT2D eigenvalue weighted by atomic mass is 9.89. The summed E-state index contributed by atoms with van der Waals surface area (Å²) in [6, 6.07) is 8.00. The second kappa shape index (κ2) is 7.84. The Morgan fingerprint density at radius 2 is 1.58 bits per heavy atom. The molecular weight excluding hydrogens is 412 g/mol. The number of aliphatic hydroxyl groups is 4. The molecule has 0 saturated carbocycles. The molecule has 164 valence electrons. The maximum atomic E-state index is 12.7. The Labute approximate surface area is 174 Å². The second-order valence-electron chi connectivity index (χ2n) is 7.30. The third kappa shape index (κ3) is 3.50. The number of phenols is 3. The van der Waals surface area contributed by atoms with Crippen LogP contribution in [-0.2, 0) is 4.74 Å². The molecule has 0 bridgehead atoms. The van der Waals surface area contributed by atoms with Gasteiger partial charge in [0.25, 0.3) is 0 Å². The lowest BCUT2D eigenvalue weighted by molar-refractivity contribution is -0.232. The topological polar surface area (TPSA) is 181 Å². The van der Waals surface area contributed by atoms with E-state index in [4.69, 9.17) is 9.15 Å². The maximum absolute atomic E-state index is 12.7. The van der Waals surface area contributed by atoms with Crippen molar-refractivity contribution in [2.75, 3.05) is 6.61 Å². The van der Waals surface area contributed by atoms with E-state index < -0.39 is 59.6 Å². The molecule has 3 aromatic rings. The zero-order chi connectivity index (χ0) is 22.4. The highest BCUT2D eigenvalue weighted by molar-refractivity contribution is 5.88. The molecular formula is C21H20O10. The Morgan fingerprint density at radius 3 is 2.23 bits per heavy atom. The van der Waals surface area contributed by atoms with Crippen LogP contribution in [0, 0.1) is 0 Å². The molecule has 10 nitrogen and oxygen atoms in total. The molecule has 0 unspecified atom stereocenters. The van der Waals surface area contributed by atoms with Gasteiger partial charge in [0.1, 0.15) is 64.5 Å². The minimum absolute atomic E-state index is 0.0198. The Morgan fingerprint density at radius 1 is 0.903 bits per heavy atom. The van der Waals surface area contributed by atoms with Gasteiger partial charge in [-0.2, -0.15) is 0 Å². The van der Waals surface area contributed by atoms with E-state index in [0.29, 0.717) is 5.56 Å². The number of rotatable bonds is 3. The molecule has 0 aliphatic carbocycles. The maximum Gasteiger partial charge on any atom is 0.197 e. The van der Waals surface area contributed by atoms with Crippen LogP contribution < -0.4 is 5.43 Å². The number of aromatic hydroxyl groups is 3. The predicted octanol–water partition coefficient (Wildman–Crippen LogP) is 0.0917. The van der Waals surface area contributed by atoms with E-state index in [9.17, 15) is 40.5 Å². The lowest BCUT2D eigenvalue weighted by Crippen LogP contribution is -2.55. The highest BCUT2D eigenvalue weighted by Gasteiger charge is 2.46. The van der Waals surface area contributed by atoms with Crippen molar-refractivity contribution in [3.05, 3.63) is 52.2 Å². The fourth-order valence-electron chi connectivity index (χ4n) is 3.69. The van der Waals surface area contributed by atoms with Gasteiger partial charge < -0.3 is 44.9 Å². The quantitative estimate of drug-likeness (QED) is 0.300. The fourth-order valence-corrected chi connectivity index (χ4v) is 3.69. The zero-order valence-corrected chi connectivity index (χ0v) is 15.9. The van der Waals surface area contributed by atoms with Gasteiger partial charge in [-0.25, -0.2) is 0 Å². The third-order valence-corrected chi connectivity index (χ3v) is 5.34. The first kappa shape index (κ1) is 21.1. The van der Waals surface area contributed by atoms with Crippen molar-refractivity contribution in [2.24, 2.45) is 0 Å². The van der Waals surface area contributed by atoms with Gasteiger partial charge in [0.05, 0.1) is 12.2 Å². The van der Waals surface area contributed by atoms with E-state index in [-0.39, 0.29) is 22.5 Å². The van der Waals surface area contributed by atoms with Gasteiger partial charge in [0, 0.05) is 17.7 Å². The first-order valence-electron chi connectivity index (χ1n) is 9.35. The molecule has 1 fully saturated rings. The number of fused-ring (bicyclic) bond motifs is 1.